The molecule has 0 heterocycles. The van der Waals surface area contributed by atoms with Crippen molar-refractivity contribution in [1.82, 2.24) is 5.43 Å². The van der Waals surface area contributed by atoms with Crippen LogP contribution in [0, 0.1) is 17.0 Å². The lowest BCUT2D eigenvalue weighted by Crippen LogP contribution is -2.18. The fourth-order valence-electron chi connectivity index (χ4n) is 2.99. The number of non-ortho nitro benzene ring substituents is 1. The van der Waals surface area contributed by atoms with Gasteiger partial charge in [0.15, 0.2) is 11.5 Å². The molecule has 1 amide bonds. The van der Waals surface area contributed by atoms with Gasteiger partial charge in [0.2, 0.25) is 0 Å². The summed E-state index contributed by atoms with van der Waals surface area (Å²) in [7, 11) is 0. The number of amides is 1. The highest BCUT2D eigenvalue weighted by molar-refractivity contribution is 9.10. The topological polar surface area (TPSA) is 103 Å². The Labute approximate surface area is 199 Å². The summed E-state index contributed by atoms with van der Waals surface area (Å²) in [5.41, 5.74) is 5.44. The van der Waals surface area contributed by atoms with Crippen molar-refractivity contribution in [3.63, 3.8) is 0 Å². The Hall–Kier alpha value is -3.72. The fourth-order valence-corrected chi connectivity index (χ4v) is 3.56. The molecule has 0 radical (unpaired) electrons. The molecular formula is C24H22BrN3O5. The van der Waals surface area contributed by atoms with Crippen LogP contribution in [-0.2, 0) is 6.61 Å². The summed E-state index contributed by atoms with van der Waals surface area (Å²) in [4.78, 5) is 22.7. The molecule has 33 heavy (non-hydrogen) atoms. The molecule has 0 aliphatic heterocycles. The number of halogens is 1. The lowest BCUT2D eigenvalue weighted by molar-refractivity contribution is -0.384. The molecule has 0 saturated carbocycles. The van der Waals surface area contributed by atoms with E-state index in [0.29, 0.717) is 33.7 Å². The van der Waals surface area contributed by atoms with Gasteiger partial charge in [0.05, 0.1) is 22.2 Å². The maximum absolute atomic E-state index is 12.3. The highest BCUT2D eigenvalue weighted by Crippen LogP contribution is 2.37. The average Bonchev–Trinajstić information content (AvgIpc) is 2.79. The Kier molecular flexibility index (Phi) is 8.15. The van der Waals surface area contributed by atoms with E-state index in [1.54, 1.807) is 36.4 Å². The summed E-state index contributed by atoms with van der Waals surface area (Å²) < 4.78 is 12.3. The van der Waals surface area contributed by atoms with Crippen molar-refractivity contribution in [3.8, 4) is 11.5 Å². The van der Waals surface area contributed by atoms with Gasteiger partial charge in [-0.2, -0.15) is 5.10 Å². The summed E-state index contributed by atoms with van der Waals surface area (Å²) in [6.45, 7) is 4.35. The molecule has 0 saturated heterocycles. The summed E-state index contributed by atoms with van der Waals surface area (Å²) >= 11 is 3.50. The van der Waals surface area contributed by atoms with Crippen LogP contribution in [-0.4, -0.2) is 23.7 Å². The van der Waals surface area contributed by atoms with E-state index >= 15 is 0 Å². The van der Waals surface area contributed by atoms with E-state index in [0.717, 1.165) is 11.1 Å². The molecule has 0 aliphatic carbocycles. The van der Waals surface area contributed by atoms with Gasteiger partial charge in [-0.05, 0) is 76.8 Å². The van der Waals surface area contributed by atoms with Crippen LogP contribution in [0.4, 0.5) is 5.69 Å². The van der Waals surface area contributed by atoms with Crippen LogP contribution >= 0.6 is 15.9 Å². The Bertz CT molecular complexity index is 1180. The molecule has 0 atom stereocenters. The highest BCUT2D eigenvalue weighted by atomic mass is 79.9. The molecule has 0 aliphatic rings. The lowest BCUT2D eigenvalue weighted by Gasteiger charge is -2.14. The second kappa shape index (κ2) is 11.2. The third-order valence-corrected chi connectivity index (χ3v) is 5.22. The van der Waals surface area contributed by atoms with Gasteiger partial charge in [0.1, 0.15) is 6.61 Å². The number of hydrogen-bond acceptors (Lipinski definition) is 6. The van der Waals surface area contributed by atoms with E-state index in [9.17, 15) is 14.9 Å². The van der Waals surface area contributed by atoms with Gasteiger partial charge < -0.3 is 9.47 Å². The van der Waals surface area contributed by atoms with Crippen molar-refractivity contribution in [2.45, 2.75) is 20.5 Å². The molecule has 3 aromatic carbocycles. The van der Waals surface area contributed by atoms with Gasteiger partial charge in [-0.25, -0.2) is 5.43 Å². The third kappa shape index (κ3) is 6.39. The van der Waals surface area contributed by atoms with Crippen molar-refractivity contribution < 1.29 is 19.2 Å². The molecule has 9 heteroatoms. The van der Waals surface area contributed by atoms with Gasteiger partial charge in [-0.1, -0.05) is 18.2 Å². The van der Waals surface area contributed by atoms with Crippen LogP contribution in [0.5, 0.6) is 11.5 Å². The SMILES string of the molecule is CCOc1cc(/C=N/NC(=O)c2ccccc2C)cc(Br)c1OCc1ccc([N+](=O)[O-])cc1. The minimum atomic E-state index is -0.446. The maximum atomic E-state index is 12.3. The summed E-state index contributed by atoms with van der Waals surface area (Å²) in [5.74, 6) is 0.702. The van der Waals surface area contributed by atoms with E-state index in [2.05, 4.69) is 26.5 Å². The number of nitrogens with one attached hydrogen (secondary N) is 1. The molecule has 3 aromatic rings. The molecule has 1 N–H and O–H groups in total. The molecule has 170 valence electrons. The van der Waals surface area contributed by atoms with Crippen molar-refractivity contribution >= 4 is 33.7 Å². The quantitative estimate of drug-likeness (QED) is 0.235. The first-order valence-corrected chi connectivity index (χ1v) is 10.9. The molecule has 0 unspecified atom stereocenters. The first kappa shape index (κ1) is 23.9. The predicted molar refractivity (Wildman–Crippen MR) is 129 cm³/mol. The van der Waals surface area contributed by atoms with E-state index in [4.69, 9.17) is 9.47 Å². The molecule has 0 bridgehead atoms. The van der Waals surface area contributed by atoms with Gasteiger partial charge in [-0.3, -0.25) is 14.9 Å². The summed E-state index contributed by atoms with van der Waals surface area (Å²) in [6, 6.07) is 17.0. The fraction of sp³-hybridized carbons (Fsp3) is 0.167. The second-order valence-electron chi connectivity index (χ2n) is 6.99. The van der Waals surface area contributed by atoms with Gasteiger partial charge in [0.25, 0.3) is 11.6 Å². The number of benzene rings is 3. The van der Waals surface area contributed by atoms with Gasteiger partial charge in [-0.15, -0.1) is 0 Å². The maximum Gasteiger partial charge on any atom is 0.271 e. The molecule has 3 rings (SSSR count). The zero-order chi connectivity index (χ0) is 23.8. The predicted octanol–water partition coefficient (Wildman–Crippen LogP) is 5.41. The lowest BCUT2D eigenvalue weighted by atomic mass is 10.1. The number of rotatable bonds is 9. The first-order chi connectivity index (χ1) is 15.9. The van der Waals surface area contributed by atoms with Crippen molar-refractivity contribution in [2.24, 2.45) is 5.10 Å². The number of ether oxygens (including phenoxy) is 2. The number of nitro benzene ring substituents is 1. The molecule has 0 spiro atoms. The Morgan fingerprint density at radius 1 is 1.15 bits per heavy atom. The molecular weight excluding hydrogens is 490 g/mol. The van der Waals surface area contributed by atoms with Gasteiger partial charge >= 0.3 is 0 Å². The Balaban J connectivity index is 1.72. The largest absolute Gasteiger partial charge is 0.490 e. The number of hydrazone groups is 1. The Morgan fingerprint density at radius 3 is 2.55 bits per heavy atom. The summed E-state index contributed by atoms with van der Waals surface area (Å²) in [6.07, 6.45) is 1.52. The average molecular weight is 512 g/mol. The van der Waals surface area contributed by atoms with Crippen molar-refractivity contribution in [2.75, 3.05) is 6.61 Å². The molecule has 0 aromatic heterocycles. The number of carbonyl (C=O) groups excluding carboxylic acids is 1. The van der Waals surface area contributed by atoms with Gasteiger partial charge in [0, 0.05) is 17.7 Å². The highest BCUT2D eigenvalue weighted by Gasteiger charge is 2.13. The standard InChI is InChI=1S/C24H22BrN3O5/c1-3-32-22-13-18(14-26-27-24(29)20-7-5-4-6-16(20)2)12-21(25)23(22)33-15-17-8-10-19(11-9-17)28(30)31/h4-14H,3,15H2,1-2H3,(H,27,29)/b26-14+. The number of carbonyl (C=O) groups is 1. The van der Waals surface area contributed by atoms with Crippen LogP contribution in [0.2, 0.25) is 0 Å². The first-order valence-electron chi connectivity index (χ1n) is 10.1. The van der Waals surface area contributed by atoms with Crippen LogP contribution in [0.25, 0.3) is 0 Å². The number of nitro groups is 1. The Morgan fingerprint density at radius 2 is 1.88 bits per heavy atom. The molecule has 8 nitrogen and oxygen atoms in total. The number of nitrogens with zero attached hydrogens (tertiary/aromatic N) is 2. The van der Waals surface area contributed by atoms with E-state index in [-0.39, 0.29) is 18.2 Å². The minimum absolute atomic E-state index is 0.0214. The summed E-state index contributed by atoms with van der Waals surface area (Å²) in [5, 5.41) is 14.9. The zero-order valence-electron chi connectivity index (χ0n) is 18.1. The number of aryl methyl sites for hydroxylation is 1. The zero-order valence-corrected chi connectivity index (χ0v) is 19.7. The van der Waals surface area contributed by atoms with Crippen molar-refractivity contribution in [3.05, 3.63) is 97.5 Å². The smallest absolute Gasteiger partial charge is 0.271 e. The molecule has 0 fully saturated rings. The second-order valence-corrected chi connectivity index (χ2v) is 7.84. The minimum Gasteiger partial charge on any atom is -0.490 e. The van der Waals surface area contributed by atoms with Crippen LogP contribution < -0.4 is 14.9 Å². The third-order valence-electron chi connectivity index (χ3n) is 4.63. The van der Waals surface area contributed by atoms with E-state index in [1.807, 2.05) is 26.0 Å². The van der Waals surface area contributed by atoms with Crippen molar-refractivity contribution in [1.29, 1.82) is 0 Å². The van der Waals surface area contributed by atoms with Crippen LogP contribution in [0.1, 0.15) is 34.0 Å². The van der Waals surface area contributed by atoms with Crippen LogP contribution in [0.3, 0.4) is 0 Å². The van der Waals surface area contributed by atoms with Crippen LogP contribution in [0.15, 0.2) is 70.2 Å². The van der Waals surface area contributed by atoms with E-state index < -0.39 is 4.92 Å². The normalized spacial score (nSPS) is 10.8. The number of hydrogen-bond donors (Lipinski definition) is 1. The monoisotopic (exact) mass is 511 g/mol. The van der Waals surface area contributed by atoms with E-state index in [1.165, 1.54) is 18.3 Å².